The molecule has 4 nitrogen and oxygen atoms in total. The molecule has 0 radical (unpaired) electrons. The zero-order chi connectivity index (χ0) is 37.6. The summed E-state index contributed by atoms with van der Waals surface area (Å²) in [6, 6.07) is 61.8. The predicted molar refractivity (Wildman–Crippen MR) is 247 cm³/mol. The molecule has 0 saturated heterocycles. The highest BCUT2D eigenvalue weighted by Crippen LogP contribution is 2.50. The van der Waals surface area contributed by atoms with Gasteiger partial charge in [0.05, 0.1) is 43.5 Å². The lowest BCUT2D eigenvalue weighted by Gasteiger charge is -2.12. The Balaban J connectivity index is 1.06. The van der Waals surface area contributed by atoms with Crippen molar-refractivity contribution in [2.45, 2.75) is 0 Å². The Morgan fingerprint density at radius 1 is 0.379 bits per heavy atom. The second-order valence-corrected chi connectivity index (χ2v) is 17.4. The van der Waals surface area contributed by atoms with Crippen LogP contribution >= 0.6 is 22.7 Å². The SMILES string of the molecule is c1ccc(-c2ccc(-c3cccc(-c4nc(-n5c6ccc7sc8ccc9c%10ccccc%10n%10c%11cccc5c%11c6c7c8c9%10)nc5c4sc4ccccc45)c3)cc2)cc1. The fraction of sp³-hybridized carbons (Fsp3) is 0. The molecule has 268 valence electrons. The van der Waals surface area contributed by atoms with Gasteiger partial charge >= 0.3 is 0 Å². The number of thiophene rings is 2. The molecule has 0 aliphatic rings. The van der Waals surface area contributed by atoms with Gasteiger partial charge in [-0.1, -0.05) is 121 Å². The van der Waals surface area contributed by atoms with E-state index in [4.69, 9.17) is 9.97 Å². The van der Waals surface area contributed by atoms with Crippen molar-refractivity contribution in [3.63, 3.8) is 0 Å². The number of hydrogen-bond donors (Lipinski definition) is 0. The Kier molecular flexibility index (Phi) is 6.02. The molecule has 0 aliphatic carbocycles. The first-order chi connectivity index (χ1) is 28.8. The van der Waals surface area contributed by atoms with E-state index in [1.807, 2.05) is 11.3 Å². The Bertz CT molecular complexity index is 3960. The van der Waals surface area contributed by atoms with Crippen molar-refractivity contribution in [1.82, 2.24) is 18.9 Å². The number of rotatable bonds is 4. The molecule has 14 aromatic rings. The Morgan fingerprint density at radius 3 is 1.93 bits per heavy atom. The molecule has 0 unspecified atom stereocenters. The van der Waals surface area contributed by atoms with Crippen LogP contribution in [0.25, 0.3) is 129 Å². The van der Waals surface area contributed by atoms with Gasteiger partial charge in [-0.25, -0.2) is 9.97 Å². The number of benzene rings is 8. The molecule has 0 spiro atoms. The van der Waals surface area contributed by atoms with Gasteiger partial charge < -0.3 is 4.40 Å². The summed E-state index contributed by atoms with van der Waals surface area (Å²) < 4.78 is 9.77. The third-order valence-electron chi connectivity index (χ3n) is 12.3. The van der Waals surface area contributed by atoms with Gasteiger partial charge in [-0.15, -0.1) is 22.7 Å². The van der Waals surface area contributed by atoms with Crippen molar-refractivity contribution in [3.05, 3.63) is 170 Å². The van der Waals surface area contributed by atoms with Crippen LogP contribution < -0.4 is 0 Å². The zero-order valence-corrected chi connectivity index (χ0v) is 32.4. The molecule has 0 bridgehead atoms. The fourth-order valence-electron chi connectivity index (χ4n) is 9.79. The molecule has 6 aromatic heterocycles. The summed E-state index contributed by atoms with van der Waals surface area (Å²) in [5.41, 5.74) is 13.7. The van der Waals surface area contributed by atoms with Gasteiger partial charge in [-0.05, 0) is 70.8 Å². The first kappa shape index (κ1) is 31.0. The third-order valence-corrected chi connectivity index (χ3v) is 14.6. The predicted octanol–water partition coefficient (Wildman–Crippen LogP) is 14.7. The topological polar surface area (TPSA) is 35.1 Å². The molecule has 6 heterocycles. The summed E-state index contributed by atoms with van der Waals surface area (Å²) in [6.07, 6.45) is 0. The highest BCUT2D eigenvalue weighted by atomic mass is 32.1. The Hall–Kier alpha value is -7.12. The van der Waals surface area contributed by atoms with Gasteiger partial charge in [-0.3, -0.25) is 4.57 Å². The van der Waals surface area contributed by atoms with Crippen LogP contribution in [0.3, 0.4) is 0 Å². The van der Waals surface area contributed by atoms with Gasteiger partial charge in [0.15, 0.2) is 0 Å². The number of aromatic nitrogens is 4. The minimum atomic E-state index is 0.683. The zero-order valence-electron chi connectivity index (χ0n) is 30.8. The maximum atomic E-state index is 5.61. The van der Waals surface area contributed by atoms with Gasteiger partial charge in [0, 0.05) is 57.4 Å². The smallest absolute Gasteiger partial charge is 0.235 e. The normalized spacial score (nSPS) is 12.5. The second kappa shape index (κ2) is 11.3. The van der Waals surface area contributed by atoms with E-state index in [1.54, 1.807) is 11.3 Å². The van der Waals surface area contributed by atoms with E-state index >= 15 is 0 Å². The molecule has 0 atom stereocenters. The number of para-hydroxylation sites is 1. The van der Waals surface area contributed by atoms with Crippen molar-refractivity contribution in [3.8, 4) is 39.5 Å². The van der Waals surface area contributed by atoms with E-state index in [2.05, 4.69) is 179 Å². The first-order valence-corrected chi connectivity index (χ1v) is 21.2. The van der Waals surface area contributed by atoms with Gasteiger partial charge in [0.1, 0.15) is 0 Å². The van der Waals surface area contributed by atoms with Gasteiger partial charge in [0.25, 0.3) is 0 Å². The highest BCUT2D eigenvalue weighted by molar-refractivity contribution is 7.26. The molecule has 0 fully saturated rings. The maximum Gasteiger partial charge on any atom is 0.235 e. The minimum absolute atomic E-state index is 0.683. The molecule has 58 heavy (non-hydrogen) atoms. The molecule has 0 aliphatic heterocycles. The third kappa shape index (κ3) is 4.02. The van der Waals surface area contributed by atoms with Crippen molar-refractivity contribution >= 4 is 112 Å². The number of nitrogens with zero attached hydrogens (tertiary/aromatic N) is 4. The summed E-state index contributed by atoms with van der Waals surface area (Å²) in [4.78, 5) is 11.1. The molecule has 8 aromatic carbocycles. The number of fused-ring (bicyclic) bond motifs is 7. The molecule has 0 N–H and O–H groups in total. The monoisotopic (exact) mass is 772 g/mol. The summed E-state index contributed by atoms with van der Waals surface area (Å²) in [5.74, 6) is 0.683. The van der Waals surface area contributed by atoms with Crippen LogP contribution in [0.1, 0.15) is 0 Å². The van der Waals surface area contributed by atoms with Crippen LogP contribution in [0.5, 0.6) is 0 Å². The lowest BCUT2D eigenvalue weighted by molar-refractivity contribution is 1.02. The van der Waals surface area contributed by atoms with Crippen molar-refractivity contribution in [1.29, 1.82) is 0 Å². The van der Waals surface area contributed by atoms with Crippen LogP contribution in [-0.2, 0) is 0 Å². The summed E-state index contributed by atoms with van der Waals surface area (Å²) in [7, 11) is 0. The fourth-order valence-corrected chi connectivity index (χ4v) is 12.1. The Labute approximate surface area is 338 Å². The quantitative estimate of drug-likeness (QED) is 0.179. The maximum absolute atomic E-state index is 5.61. The minimum Gasteiger partial charge on any atom is -0.308 e. The van der Waals surface area contributed by atoms with E-state index in [-0.39, 0.29) is 0 Å². The van der Waals surface area contributed by atoms with Gasteiger partial charge in [0.2, 0.25) is 5.95 Å². The van der Waals surface area contributed by atoms with Crippen LogP contribution in [-0.4, -0.2) is 18.9 Å². The van der Waals surface area contributed by atoms with Crippen LogP contribution in [0.4, 0.5) is 0 Å². The summed E-state index contributed by atoms with van der Waals surface area (Å²) >= 11 is 3.66. The van der Waals surface area contributed by atoms with Crippen molar-refractivity contribution in [2.75, 3.05) is 0 Å². The van der Waals surface area contributed by atoms with E-state index < -0.39 is 0 Å². The van der Waals surface area contributed by atoms with E-state index in [9.17, 15) is 0 Å². The van der Waals surface area contributed by atoms with Gasteiger partial charge in [-0.2, -0.15) is 0 Å². The molecule has 0 saturated carbocycles. The first-order valence-electron chi connectivity index (χ1n) is 19.6. The van der Waals surface area contributed by atoms with Crippen LogP contribution in [0.2, 0.25) is 0 Å². The lowest BCUT2D eigenvalue weighted by Crippen LogP contribution is -2.03. The number of hydrogen-bond acceptors (Lipinski definition) is 4. The molecular formula is C52H28N4S2. The molecule has 6 heteroatoms. The average molecular weight is 773 g/mol. The molecule has 14 rings (SSSR count). The lowest BCUT2D eigenvalue weighted by atomic mass is 9.98. The average Bonchev–Trinajstić information content (AvgIpc) is 4.02. The van der Waals surface area contributed by atoms with Crippen LogP contribution in [0.15, 0.2) is 170 Å². The molecular weight excluding hydrogens is 745 g/mol. The summed E-state index contributed by atoms with van der Waals surface area (Å²) in [6.45, 7) is 0. The standard InChI is InChI=1S/C52H28N4S2/c1-2-10-29(11-3-1)30-20-22-31(23-21-30)32-12-8-13-33(28-32)48-51-49(36-15-5-7-19-41(36)58-51)54-52(53-48)56-39-18-9-17-38-44(39)45-40(56)25-27-42-46(45)47-43(57-42)26-24-35-34-14-4-6-16-37(34)55(38)50(35)47/h1-28H. The molecule has 0 amide bonds. The van der Waals surface area contributed by atoms with E-state index in [1.165, 1.54) is 79.7 Å². The van der Waals surface area contributed by atoms with Crippen LogP contribution in [0, 0.1) is 0 Å². The Morgan fingerprint density at radius 2 is 1.03 bits per heavy atom. The largest absolute Gasteiger partial charge is 0.308 e. The van der Waals surface area contributed by atoms with E-state index in [0.29, 0.717) is 5.95 Å². The summed E-state index contributed by atoms with van der Waals surface area (Å²) in [5, 5.41) is 8.91. The van der Waals surface area contributed by atoms with Crippen molar-refractivity contribution < 1.29 is 0 Å². The van der Waals surface area contributed by atoms with Crippen molar-refractivity contribution in [2.24, 2.45) is 0 Å². The second-order valence-electron chi connectivity index (χ2n) is 15.3. The van der Waals surface area contributed by atoms with E-state index in [0.717, 1.165) is 43.5 Å². The highest BCUT2D eigenvalue weighted by Gasteiger charge is 2.27.